The Morgan fingerprint density at radius 2 is 1.61 bits per heavy atom. The number of amides is 1. The third kappa shape index (κ3) is 3.59. The van der Waals surface area contributed by atoms with Crippen LogP contribution >= 0.6 is 0 Å². The quantitative estimate of drug-likeness (QED) is 0.863. The minimum absolute atomic E-state index is 0.0450. The van der Waals surface area contributed by atoms with Crippen molar-refractivity contribution < 1.29 is 4.79 Å². The molecule has 100 valence electrons. The highest BCUT2D eigenvalue weighted by Gasteiger charge is 2.21. The standard InChI is InChI=1S/C16H25NO/c1-10(2)15(11(3)4)17-16(18)14-9-12(5)7-8-13(14)6/h7-11,15H,1-6H3,(H,17,18). The monoisotopic (exact) mass is 247 g/mol. The number of nitrogens with one attached hydrogen (secondary N) is 1. The van der Waals surface area contributed by atoms with E-state index in [0.29, 0.717) is 11.8 Å². The maximum atomic E-state index is 12.3. The van der Waals surface area contributed by atoms with Crippen molar-refractivity contribution in [2.75, 3.05) is 0 Å². The number of hydrogen-bond acceptors (Lipinski definition) is 1. The van der Waals surface area contributed by atoms with Gasteiger partial charge in [0, 0.05) is 11.6 Å². The van der Waals surface area contributed by atoms with Gasteiger partial charge >= 0.3 is 0 Å². The smallest absolute Gasteiger partial charge is 0.251 e. The summed E-state index contributed by atoms with van der Waals surface area (Å²) < 4.78 is 0. The van der Waals surface area contributed by atoms with Crippen molar-refractivity contribution >= 4 is 5.91 Å². The molecule has 0 spiro atoms. The Morgan fingerprint density at radius 3 is 2.11 bits per heavy atom. The summed E-state index contributed by atoms with van der Waals surface area (Å²) in [6.07, 6.45) is 0. The van der Waals surface area contributed by atoms with E-state index in [-0.39, 0.29) is 11.9 Å². The van der Waals surface area contributed by atoms with Gasteiger partial charge in [-0.1, -0.05) is 45.4 Å². The normalized spacial score (nSPS) is 11.4. The van der Waals surface area contributed by atoms with E-state index in [1.165, 1.54) is 0 Å². The lowest BCUT2D eigenvalue weighted by molar-refractivity contribution is 0.0909. The van der Waals surface area contributed by atoms with Gasteiger partial charge in [-0.3, -0.25) is 4.79 Å². The van der Waals surface area contributed by atoms with Gasteiger partial charge in [-0.2, -0.15) is 0 Å². The minimum atomic E-state index is 0.0450. The molecule has 0 fully saturated rings. The average molecular weight is 247 g/mol. The van der Waals surface area contributed by atoms with Crippen LogP contribution < -0.4 is 5.32 Å². The van der Waals surface area contributed by atoms with Crippen molar-refractivity contribution in [1.29, 1.82) is 0 Å². The average Bonchev–Trinajstić information content (AvgIpc) is 2.28. The van der Waals surface area contributed by atoms with Crippen molar-refractivity contribution in [1.82, 2.24) is 5.32 Å². The number of carbonyl (C=O) groups is 1. The fourth-order valence-electron chi connectivity index (χ4n) is 2.31. The Labute approximate surface area is 111 Å². The summed E-state index contributed by atoms with van der Waals surface area (Å²) in [5.74, 6) is 0.932. The zero-order valence-corrected chi connectivity index (χ0v) is 12.4. The molecular weight excluding hydrogens is 222 g/mol. The second-order valence-electron chi connectivity index (χ2n) is 5.81. The Kier molecular flexibility index (Phi) is 4.94. The highest BCUT2D eigenvalue weighted by molar-refractivity contribution is 5.96. The minimum Gasteiger partial charge on any atom is -0.349 e. The molecule has 2 nitrogen and oxygen atoms in total. The number of rotatable bonds is 4. The highest BCUT2D eigenvalue weighted by atomic mass is 16.1. The Morgan fingerprint density at radius 1 is 1.06 bits per heavy atom. The van der Waals surface area contributed by atoms with Crippen LogP contribution in [0.5, 0.6) is 0 Å². The molecule has 1 aromatic rings. The van der Waals surface area contributed by atoms with Gasteiger partial charge in [-0.15, -0.1) is 0 Å². The first-order valence-electron chi connectivity index (χ1n) is 6.71. The molecule has 2 heteroatoms. The predicted octanol–water partition coefficient (Wildman–Crippen LogP) is 3.71. The lowest BCUT2D eigenvalue weighted by atomic mass is 9.92. The molecule has 0 radical (unpaired) electrons. The molecule has 1 aromatic carbocycles. The number of carbonyl (C=O) groups excluding carboxylic acids is 1. The molecule has 18 heavy (non-hydrogen) atoms. The number of hydrogen-bond donors (Lipinski definition) is 1. The number of benzene rings is 1. The SMILES string of the molecule is Cc1ccc(C)c(C(=O)NC(C(C)C)C(C)C)c1. The first-order valence-corrected chi connectivity index (χ1v) is 6.71. The maximum Gasteiger partial charge on any atom is 0.251 e. The second kappa shape index (κ2) is 6.03. The van der Waals surface area contributed by atoms with Crippen LogP contribution in [0, 0.1) is 25.7 Å². The van der Waals surface area contributed by atoms with Gasteiger partial charge in [-0.05, 0) is 37.3 Å². The van der Waals surface area contributed by atoms with E-state index >= 15 is 0 Å². The molecule has 0 aliphatic heterocycles. The molecule has 0 aliphatic rings. The molecule has 0 aliphatic carbocycles. The van der Waals surface area contributed by atoms with Crippen molar-refractivity contribution in [2.24, 2.45) is 11.8 Å². The third-order valence-corrected chi connectivity index (χ3v) is 3.37. The van der Waals surface area contributed by atoms with Gasteiger partial charge in [0.1, 0.15) is 0 Å². The van der Waals surface area contributed by atoms with E-state index in [0.717, 1.165) is 16.7 Å². The largest absolute Gasteiger partial charge is 0.349 e. The third-order valence-electron chi connectivity index (χ3n) is 3.37. The molecule has 0 unspecified atom stereocenters. The van der Waals surface area contributed by atoms with Gasteiger partial charge in [0.25, 0.3) is 5.91 Å². The van der Waals surface area contributed by atoms with Crippen LogP contribution in [0.25, 0.3) is 0 Å². The molecule has 0 heterocycles. The van der Waals surface area contributed by atoms with Crippen molar-refractivity contribution in [3.05, 3.63) is 34.9 Å². The molecule has 0 saturated heterocycles. The van der Waals surface area contributed by atoms with Gasteiger partial charge in [-0.25, -0.2) is 0 Å². The summed E-state index contributed by atoms with van der Waals surface area (Å²) in [6, 6.07) is 6.22. The Bertz CT molecular complexity index is 413. The van der Waals surface area contributed by atoms with Gasteiger partial charge < -0.3 is 5.32 Å². The van der Waals surface area contributed by atoms with E-state index in [4.69, 9.17) is 0 Å². The number of aryl methyl sites for hydroxylation is 2. The zero-order chi connectivity index (χ0) is 13.9. The van der Waals surface area contributed by atoms with Crippen molar-refractivity contribution in [2.45, 2.75) is 47.6 Å². The molecule has 0 atom stereocenters. The fourth-order valence-corrected chi connectivity index (χ4v) is 2.31. The summed E-state index contributed by atoms with van der Waals surface area (Å²) in [5.41, 5.74) is 2.95. The highest BCUT2D eigenvalue weighted by Crippen LogP contribution is 2.15. The summed E-state index contributed by atoms with van der Waals surface area (Å²) >= 11 is 0. The summed E-state index contributed by atoms with van der Waals surface area (Å²) in [6.45, 7) is 12.6. The molecule has 1 amide bonds. The second-order valence-corrected chi connectivity index (χ2v) is 5.81. The van der Waals surface area contributed by atoms with E-state index < -0.39 is 0 Å². The lowest BCUT2D eigenvalue weighted by Gasteiger charge is -2.26. The van der Waals surface area contributed by atoms with Crippen LogP contribution in [-0.4, -0.2) is 11.9 Å². The van der Waals surface area contributed by atoms with E-state index in [1.54, 1.807) is 0 Å². The van der Waals surface area contributed by atoms with Gasteiger partial charge in [0.15, 0.2) is 0 Å². The first-order chi connectivity index (χ1) is 8.32. The Hall–Kier alpha value is -1.31. The lowest BCUT2D eigenvalue weighted by Crippen LogP contribution is -2.42. The maximum absolute atomic E-state index is 12.3. The van der Waals surface area contributed by atoms with Gasteiger partial charge in [0.05, 0.1) is 0 Å². The summed E-state index contributed by atoms with van der Waals surface area (Å²) in [5, 5.41) is 3.16. The molecule has 0 saturated carbocycles. The van der Waals surface area contributed by atoms with E-state index in [9.17, 15) is 4.79 Å². The summed E-state index contributed by atoms with van der Waals surface area (Å²) in [7, 11) is 0. The molecular formula is C16H25NO. The van der Waals surface area contributed by atoms with Crippen LogP contribution in [0.2, 0.25) is 0 Å². The van der Waals surface area contributed by atoms with Crippen LogP contribution in [-0.2, 0) is 0 Å². The zero-order valence-electron chi connectivity index (χ0n) is 12.4. The molecule has 1 N–H and O–H groups in total. The van der Waals surface area contributed by atoms with Gasteiger partial charge in [0.2, 0.25) is 0 Å². The fraction of sp³-hybridized carbons (Fsp3) is 0.562. The van der Waals surface area contributed by atoms with Crippen LogP contribution in [0.4, 0.5) is 0 Å². The Balaban J connectivity index is 2.90. The van der Waals surface area contributed by atoms with E-state index in [2.05, 4.69) is 33.0 Å². The van der Waals surface area contributed by atoms with Crippen LogP contribution in [0.15, 0.2) is 18.2 Å². The van der Waals surface area contributed by atoms with E-state index in [1.807, 2.05) is 32.0 Å². The van der Waals surface area contributed by atoms with Crippen molar-refractivity contribution in [3.8, 4) is 0 Å². The molecule has 0 aromatic heterocycles. The summed E-state index contributed by atoms with van der Waals surface area (Å²) in [4.78, 5) is 12.3. The topological polar surface area (TPSA) is 29.1 Å². The van der Waals surface area contributed by atoms with Crippen LogP contribution in [0.3, 0.4) is 0 Å². The predicted molar refractivity (Wildman–Crippen MR) is 76.8 cm³/mol. The van der Waals surface area contributed by atoms with Crippen LogP contribution in [0.1, 0.15) is 49.2 Å². The molecule has 1 rings (SSSR count). The van der Waals surface area contributed by atoms with Crippen molar-refractivity contribution in [3.63, 3.8) is 0 Å². The molecule has 0 bridgehead atoms. The first kappa shape index (κ1) is 14.7.